The molecule has 0 unspecified atom stereocenters. The molecule has 1 aliphatic rings. The minimum Gasteiger partial charge on any atom is -0.457 e. The molecule has 352 valence electrons. The molecule has 18 heteroatoms. The smallest absolute Gasteiger partial charge is 0.347 e. The maximum atomic E-state index is 13.3. The van der Waals surface area contributed by atoms with E-state index in [1.54, 1.807) is 0 Å². The Kier molecular flexibility index (Phi) is 17.7. The van der Waals surface area contributed by atoms with Crippen molar-refractivity contribution < 1.29 is 85.7 Å². The van der Waals surface area contributed by atoms with E-state index in [-0.39, 0.29) is 108 Å². The summed E-state index contributed by atoms with van der Waals surface area (Å²) in [5.74, 6) is -7.29. The number of hydrogen-bond donors (Lipinski definition) is 0. The van der Waals surface area contributed by atoms with Gasteiger partial charge >= 0.3 is 47.8 Å². The highest BCUT2D eigenvalue weighted by Crippen LogP contribution is 2.34. The lowest BCUT2D eigenvalue weighted by molar-refractivity contribution is -0.145. The van der Waals surface area contributed by atoms with Gasteiger partial charge in [0.05, 0.1) is 34.5 Å². The van der Waals surface area contributed by atoms with Gasteiger partial charge in [0.2, 0.25) is 13.6 Å². The third-order valence-electron chi connectivity index (χ3n) is 9.48. The maximum Gasteiger partial charge on any atom is 0.347 e. The van der Waals surface area contributed by atoms with E-state index in [0.717, 1.165) is 12.2 Å². The van der Waals surface area contributed by atoms with Crippen molar-refractivity contribution in [3.63, 3.8) is 0 Å². The topological polar surface area (TPSA) is 229 Å². The van der Waals surface area contributed by atoms with E-state index in [1.807, 2.05) is 0 Å². The molecule has 0 saturated heterocycles. The van der Waals surface area contributed by atoms with Crippen LogP contribution in [0.25, 0.3) is 0 Å². The Morgan fingerprint density at radius 3 is 1.15 bits per heavy atom. The third-order valence-corrected chi connectivity index (χ3v) is 9.48. The summed E-state index contributed by atoms with van der Waals surface area (Å²) in [6.45, 7) is 15.8. The van der Waals surface area contributed by atoms with E-state index in [9.17, 15) is 38.4 Å². The summed E-state index contributed by atoms with van der Waals surface area (Å²) < 4.78 is 52.7. The van der Waals surface area contributed by atoms with Crippen molar-refractivity contribution in [1.82, 2.24) is 0 Å². The first-order chi connectivity index (χ1) is 32.5. The van der Waals surface area contributed by atoms with Crippen molar-refractivity contribution in [3.05, 3.63) is 157 Å². The SMILES string of the molecule is C=CC(=O)OCOc1ccc(C(=O)Oc2ccc(OC(=O)C3CCC(C(=O)Oc4ccc(OC(=O)c5ccc(OCOC(=O)C=C)cc5)c(C(=O)OC(=C)C)c4)CC3)cc2C(=O)OC(=C)C)cc1. The molecule has 1 saturated carbocycles. The Labute approximate surface area is 389 Å². The number of allylic oxidation sites excluding steroid dienone is 2. The summed E-state index contributed by atoms with van der Waals surface area (Å²) in [5.41, 5.74) is -0.319. The van der Waals surface area contributed by atoms with Crippen molar-refractivity contribution in [3.8, 4) is 34.5 Å². The number of benzene rings is 4. The number of rotatable bonds is 20. The van der Waals surface area contributed by atoms with Crippen LogP contribution in [-0.2, 0) is 38.1 Å². The first-order valence-electron chi connectivity index (χ1n) is 20.5. The molecule has 0 N–H and O–H groups in total. The zero-order valence-corrected chi connectivity index (χ0v) is 36.8. The highest BCUT2D eigenvalue weighted by molar-refractivity contribution is 5.98. The van der Waals surface area contributed by atoms with E-state index in [0.29, 0.717) is 0 Å². The molecule has 68 heavy (non-hydrogen) atoms. The van der Waals surface area contributed by atoms with Gasteiger partial charge in [0, 0.05) is 12.2 Å². The molecule has 0 aromatic heterocycles. The monoisotopic (exact) mass is 932 g/mol. The molecule has 0 amide bonds. The Balaban J connectivity index is 1.18. The summed E-state index contributed by atoms with van der Waals surface area (Å²) >= 11 is 0. The van der Waals surface area contributed by atoms with Crippen LogP contribution in [0.4, 0.5) is 0 Å². The van der Waals surface area contributed by atoms with E-state index >= 15 is 0 Å². The Bertz CT molecular complexity index is 2440. The van der Waals surface area contributed by atoms with Crippen LogP contribution in [0.2, 0.25) is 0 Å². The van der Waals surface area contributed by atoms with E-state index in [1.165, 1.54) is 98.8 Å². The third kappa shape index (κ3) is 14.6. The number of esters is 8. The lowest BCUT2D eigenvalue weighted by Gasteiger charge is -2.26. The van der Waals surface area contributed by atoms with Gasteiger partial charge in [0.15, 0.2) is 0 Å². The number of carbonyl (C=O) groups is 8. The summed E-state index contributed by atoms with van der Waals surface area (Å²) in [6, 6.07) is 18.9. The van der Waals surface area contributed by atoms with E-state index < -0.39 is 59.6 Å². The first kappa shape index (κ1) is 50.2. The summed E-state index contributed by atoms with van der Waals surface area (Å²) in [5, 5.41) is 0. The van der Waals surface area contributed by atoms with Gasteiger partial charge in [0.1, 0.15) is 45.6 Å². The van der Waals surface area contributed by atoms with Crippen LogP contribution in [0, 0.1) is 11.8 Å². The van der Waals surface area contributed by atoms with Crippen molar-refractivity contribution in [2.24, 2.45) is 11.8 Å². The van der Waals surface area contributed by atoms with Crippen molar-refractivity contribution in [2.45, 2.75) is 39.5 Å². The normalized spacial score (nSPS) is 13.7. The molecule has 4 aromatic rings. The Morgan fingerprint density at radius 2 is 0.824 bits per heavy atom. The second-order valence-electron chi connectivity index (χ2n) is 14.6. The van der Waals surface area contributed by atoms with Crippen LogP contribution in [0.5, 0.6) is 34.5 Å². The van der Waals surface area contributed by atoms with Gasteiger partial charge in [-0.25, -0.2) is 28.8 Å². The molecule has 5 rings (SSSR count). The van der Waals surface area contributed by atoms with Crippen molar-refractivity contribution in [2.75, 3.05) is 13.6 Å². The molecule has 4 aromatic carbocycles. The summed E-state index contributed by atoms with van der Waals surface area (Å²) in [4.78, 5) is 101. The van der Waals surface area contributed by atoms with Crippen LogP contribution >= 0.6 is 0 Å². The number of carbonyl (C=O) groups excluding carboxylic acids is 8. The Hall–Kier alpha value is -8.80. The molecule has 1 aliphatic carbocycles. The number of ether oxygens (including phenoxy) is 10. The average Bonchev–Trinajstić information content (AvgIpc) is 3.32. The molecule has 1 fully saturated rings. The zero-order valence-electron chi connectivity index (χ0n) is 36.8. The van der Waals surface area contributed by atoms with Crippen LogP contribution in [0.3, 0.4) is 0 Å². The molecule has 0 spiro atoms. The minimum absolute atomic E-state index is 0.0440. The molecule has 0 atom stereocenters. The summed E-state index contributed by atoms with van der Waals surface area (Å²) in [7, 11) is 0. The largest absolute Gasteiger partial charge is 0.457 e. The molecular formula is C50H44O18. The van der Waals surface area contributed by atoms with Gasteiger partial charge in [-0.3, -0.25) is 9.59 Å². The fraction of sp³-hybridized carbons (Fsp3) is 0.200. The average molecular weight is 933 g/mol. The molecule has 0 radical (unpaired) electrons. The fourth-order valence-corrected chi connectivity index (χ4v) is 6.15. The fourth-order valence-electron chi connectivity index (χ4n) is 6.15. The van der Waals surface area contributed by atoms with Gasteiger partial charge in [-0.2, -0.15) is 0 Å². The van der Waals surface area contributed by atoms with Crippen LogP contribution in [-0.4, -0.2) is 61.3 Å². The zero-order chi connectivity index (χ0) is 49.3. The van der Waals surface area contributed by atoms with Gasteiger partial charge in [-0.15, -0.1) is 0 Å². The van der Waals surface area contributed by atoms with Gasteiger partial charge in [0.25, 0.3) is 0 Å². The predicted molar refractivity (Wildman–Crippen MR) is 236 cm³/mol. The van der Waals surface area contributed by atoms with Gasteiger partial charge in [-0.1, -0.05) is 26.3 Å². The molecule has 0 bridgehead atoms. The molecule has 18 nitrogen and oxygen atoms in total. The number of hydrogen-bond acceptors (Lipinski definition) is 18. The highest BCUT2D eigenvalue weighted by Gasteiger charge is 2.33. The molecular weight excluding hydrogens is 889 g/mol. The molecule has 0 heterocycles. The second kappa shape index (κ2) is 23.9. The van der Waals surface area contributed by atoms with Crippen LogP contribution in [0.15, 0.2) is 135 Å². The van der Waals surface area contributed by atoms with Gasteiger partial charge < -0.3 is 47.4 Å². The molecule has 0 aliphatic heterocycles. The van der Waals surface area contributed by atoms with E-state index in [2.05, 4.69) is 26.3 Å². The maximum absolute atomic E-state index is 13.3. The second-order valence-corrected chi connectivity index (χ2v) is 14.6. The lowest BCUT2D eigenvalue weighted by atomic mass is 9.82. The van der Waals surface area contributed by atoms with Crippen LogP contribution < -0.4 is 28.4 Å². The van der Waals surface area contributed by atoms with Gasteiger partial charge in [-0.05, 0) is 124 Å². The lowest BCUT2D eigenvalue weighted by Crippen LogP contribution is -2.30. The first-order valence-corrected chi connectivity index (χ1v) is 20.5. The minimum atomic E-state index is -0.938. The predicted octanol–water partition coefficient (Wildman–Crippen LogP) is 7.95. The van der Waals surface area contributed by atoms with Crippen molar-refractivity contribution >= 4 is 47.8 Å². The summed E-state index contributed by atoms with van der Waals surface area (Å²) in [6.07, 6.45) is 2.92. The van der Waals surface area contributed by atoms with Crippen LogP contribution in [0.1, 0.15) is 81.0 Å². The highest BCUT2D eigenvalue weighted by atomic mass is 16.7. The van der Waals surface area contributed by atoms with Crippen molar-refractivity contribution in [1.29, 1.82) is 0 Å². The van der Waals surface area contributed by atoms with E-state index in [4.69, 9.17) is 47.4 Å². The standard InChI is InChI=1S/C50H44O18/c1-7-43(51)61-27-59-35-17-13-33(14-18-35)47(55)67-41-23-21-37(25-39(41)49(57)63-29(3)4)65-45(53)31-9-11-32(12-10-31)46(54)66-38-22-24-42(40(26-38)50(58)64-30(5)6)68-48(56)34-15-19-36(20-16-34)60-28-62-44(52)8-2/h7-8,13-26,31-32H,1-3,5,9-12,27-28H2,4,6H3. The quantitative estimate of drug-likeness (QED) is 0.0204. The Morgan fingerprint density at radius 1 is 0.485 bits per heavy atom.